The lowest BCUT2D eigenvalue weighted by Gasteiger charge is -2.14. The van der Waals surface area contributed by atoms with Crippen molar-refractivity contribution in [1.29, 1.82) is 0 Å². The average Bonchev–Trinajstić information content (AvgIpc) is 3.27. The zero-order valence-corrected chi connectivity index (χ0v) is 19.0. The van der Waals surface area contributed by atoms with E-state index in [1.807, 2.05) is 6.92 Å². The Morgan fingerprint density at radius 2 is 1.76 bits per heavy atom. The molecule has 0 spiro atoms. The maximum atomic E-state index is 12.3. The van der Waals surface area contributed by atoms with Crippen LogP contribution in [0.15, 0.2) is 54.9 Å². The highest BCUT2D eigenvalue weighted by Gasteiger charge is 2.31. The highest BCUT2D eigenvalue weighted by molar-refractivity contribution is 5.85. The molecule has 0 aliphatic rings. The minimum absolute atomic E-state index is 0.154. The van der Waals surface area contributed by atoms with Crippen molar-refractivity contribution in [2.24, 2.45) is 0 Å². The number of hydrogen-bond donors (Lipinski definition) is 1. The van der Waals surface area contributed by atoms with E-state index < -0.39 is 12.5 Å². The van der Waals surface area contributed by atoms with Crippen LogP contribution in [-0.2, 0) is 4.74 Å². The summed E-state index contributed by atoms with van der Waals surface area (Å²) < 4.78 is 47.6. The molecule has 0 saturated carbocycles. The number of unbranched alkanes of at least 4 members (excludes halogenated alkanes) is 3. The predicted molar refractivity (Wildman–Crippen MR) is 122 cm³/mol. The Balaban J connectivity index is 1.55. The van der Waals surface area contributed by atoms with Crippen LogP contribution in [0.5, 0.6) is 5.75 Å². The van der Waals surface area contributed by atoms with E-state index in [9.17, 15) is 18.0 Å². The van der Waals surface area contributed by atoms with Crippen LogP contribution in [0.3, 0.4) is 0 Å². The summed E-state index contributed by atoms with van der Waals surface area (Å²) in [6.07, 6.45) is 1.40. The topological polar surface area (TPSA) is 78.3 Å². The minimum Gasteiger partial charge on any atom is -0.446 e. The number of carbonyl (C=O) groups excluding carboxylic acids is 1. The summed E-state index contributed by atoms with van der Waals surface area (Å²) in [7, 11) is 0. The lowest BCUT2D eigenvalue weighted by molar-refractivity contribution is -0.274. The van der Waals surface area contributed by atoms with Crippen molar-refractivity contribution in [2.75, 3.05) is 5.32 Å². The number of halogens is 3. The lowest BCUT2D eigenvalue weighted by atomic mass is 10.1. The van der Waals surface area contributed by atoms with Crippen molar-refractivity contribution in [3.63, 3.8) is 0 Å². The normalized spacial score (nSPS) is 12.3. The second kappa shape index (κ2) is 11.5. The number of anilines is 1. The molecule has 7 nitrogen and oxygen atoms in total. The second-order valence-electron chi connectivity index (χ2n) is 7.82. The lowest BCUT2D eigenvalue weighted by Crippen LogP contribution is -2.20. The Hall–Kier alpha value is -3.56. The first kappa shape index (κ1) is 25.1. The van der Waals surface area contributed by atoms with Gasteiger partial charge in [-0.05, 0) is 68.3 Å². The first-order valence-corrected chi connectivity index (χ1v) is 11.1. The van der Waals surface area contributed by atoms with Crippen LogP contribution in [0, 0.1) is 0 Å². The third kappa shape index (κ3) is 7.79. The molecule has 10 heteroatoms. The van der Waals surface area contributed by atoms with Crippen LogP contribution in [0.2, 0.25) is 0 Å². The predicted octanol–water partition coefficient (Wildman–Crippen LogP) is 6.74. The number of hydrogen-bond acceptors (Lipinski definition) is 5. The fourth-order valence-corrected chi connectivity index (χ4v) is 3.27. The third-order valence-corrected chi connectivity index (χ3v) is 4.99. The Bertz CT molecular complexity index is 1050. The first-order valence-electron chi connectivity index (χ1n) is 11.1. The molecule has 182 valence electrons. The van der Waals surface area contributed by atoms with Gasteiger partial charge in [-0.25, -0.2) is 14.5 Å². The molecule has 0 radical (unpaired) electrons. The molecule has 0 aliphatic heterocycles. The SMILES string of the molecule is CCCCCCC(C)OC(=O)Nc1ccc(-c2ncn(-c3ccc(OC(F)(F)F)cc3)n2)cc1. The molecule has 1 aromatic heterocycles. The molecule has 0 saturated heterocycles. The second-order valence-corrected chi connectivity index (χ2v) is 7.82. The third-order valence-electron chi connectivity index (χ3n) is 4.99. The Kier molecular flexibility index (Phi) is 8.50. The molecule has 3 rings (SSSR count). The van der Waals surface area contributed by atoms with Gasteiger partial charge < -0.3 is 9.47 Å². The quantitative estimate of drug-likeness (QED) is 0.328. The van der Waals surface area contributed by atoms with Gasteiger partial charge in [0.1, 0.15) is 18.2 Å². The fraction of sp³-hybridized carbons (Fsp3) is 0.375. The summed E-state index contributed by atoms with van der Waals surface area (Å²) in [4.78, 5) is 16.3. The van der Waals surface area contributed by atoms with Crippen molar-refractivity contribution in [1.82, 2.24) is 14.8 Å². The molecule has 1 atom stereocenters. The van der Waals surface area contributed by atoms with E-state index in [4.69, 9.17) is 4.74 Å². The molecule has 1 amide bonds. The van der Waals surface area contributed by atoms with E-state index in [2.05, 4.69) is 27.1 Å². The Morgan fingerprint density at radius 3 is 2.41 bits per heavy atom. The van der Waals surface area contributed by atoms with E-state index in [1.54, 1.807) is 24.3 Å². The highest BCUT2D eigenvalue weighted by atomic mass is 19.4. The minimum atomic E-state index is -4.74. The molecule has 3 aromatic rings. The number of benzene rings is 2. The van der Waals surface area contributed by atoms with Gasteiger partial charge in [-0.1, -0.05) is 26.2 Å². The summed E-state index contributed by atoms with van der Waals surface area (Å²) in [6.45, 7) is 4.03. The maximum Gasteiger partial charge on any atom is 0.573 e. The van der Waals surface area contributed by atoms with E-state index in [0.717, 1.165) is 25.7 Å². The number of nitrogens with zero attached hydrogens (tertiary/aromatic N) is 3. The van der Waals surface area contributed by atoms with Crippen LogP contribution < -0.4 is 10.1 Å². The van der Waals surface area contributed by atoms with Gasteiger partial charge in [-0.2, -0.15) is 0 Å². The number of carbonyl (C=O) groups is 1. The van der Waals surface area contributed by atoms with Crippen LogP contribution in [0.4, 0.5) is 23.7 Å². The number of amides is 1. The van der Waals surface area contributed by atoms with Crippen LogP contribution in [0.1, 0.15) is 46.0 Å². The number of ether oxygens (including phenoxy) is 2. The van der Waals surface area contributed by atoms with E-state index in [-0.39, 0.29) is 11.9 Å². The molecule has 34 heavy (non-hydrogen) atoms. The zero-order chi connectivity index (χ0) is 24.6. The summed E-state index contributed by atoms with van der Waals surface area (Å²) in [5, 5.41) is 7.06. The van der Waals surface area contributed by atoms with Crippen molar-refractivity contribution >= 4 is 11.8 Å². The van der Waals surface area contributed by atoms with Crippen molar-refractivity contribution in [2.45, 2.75) is 58.4 Å². The summed E-state index contributed by atoms with van der Waals surface area (Å²) in [5.41, 5.74) is 1.81. The van der Waals surface area contributed by atoms with Crippen molar-refractivity contribution < 1.29 is 27.4 Å². The van der Waals surface area contributed by atoms with Crippen molar-refractivity contribution in [3.05, 3.63) is 54.9 Å². The summed E-state index contributed by atoms with van der Waals surface area (Å²) in [6, 6.07) is 12.2. The zero-order valence-electron chi connectivity index (χ0n) is 19.0. The fourth-order valence-electron chi connectivity index (χ4n) is 3.27. The first-order chi connectivity index (χ1) is 16.2. The van der Waals surface area contributed by atoms with Crippen LogP contribution in [0.25, 0.3) is 17.1 Å². The van der Waals surface area contributed by atoms with Crippen molar-refractivity contribution in [3.8, 4) is 22.8 Å². The van der Waals surface area contributed by atoms with Crippen LogP contribution >= 0.6 is 0 Å². The Labute approximate surface area is 195 Å². The van der Waals surface area contributed by atoms with Gasteiger partial charge in [0.25, 0.3) is 0 Å². The van der Waals surface area contributed by atoms with Gasteiger partial charge >= 0.3 is 12.5 Å². The number of rotatable bonds is 10. The standard InChI is InChI=1S/C24H27F3N4O3/c1-3-4-5-6-7-17(2)33-23(32)29-19-10-8-18(9-11-19)22-28-16-31(30-22)20-12-14-21(15-13-20)34-24(25,26)27/h8-17H,3-7H2,1-2H3,(H,29,32). The molecule has 1 heterocycles. The van der Waals surface area contributed by atoms with E-state index >= 15 is 0 Å². The monoisotopic (exact) mass is 476 g/mol. The molecule has 0 aliphatic carbocycles. The molecular weight excluding hydrogens is 449 g/mol. The summed E-state index contributed by atoms with van der Waals surface area (Å²) in [5.74, 6) is 0.106. The van der Waals surface area contributed by atoms with Crippen LogP contribution in [-0.4, -0.2) is 33.3 Å². The number of alkyl halides is 3. The van der Waals surface area contributed by atoms with Gasteiger partial charge in [0.15, 0.2) is 5.82 Å². The van der Waals surface area contributed by atoms with Gasteiger partial charge in [0, 0.05) is 11.3 Å². The summed E-state index contributed by atoms with van der Waals surface area (Å²) >= 11 is 0. The number of aromatic nitrogens is 3. The molecule has 2 aromatic carbocycles. The Morgan fingerprint density at radius 1 is 1.06 bits per heavy atom. The van der Waals surface area contributed by atoms with Gasteiger partial charge in [-0.15, -0.1) is 18.3 Å². The smallest absolute Gasteiger partial charge is 0.446 e. The van der Waals surface area contributed by atoms with Gasteiger partial charge in [0.05, 0.1) is 5.69 Å². The average molecular weight is 476 g/mol. The molecule has 1 unspecified atom stereocenters. The molecular formula is C24H27F3N4O3. The molecule has 0 bridgehead atoms. The van der Waals surface area contributed by atoms with Gasteiger partial charge in [0.2, 0.25) is 0 Å². The number of nitrogens with one attached hydrogen (secondary N) is 1. The van der Waals surface area contributed by atoms with Gasteiger partial charge in [-0.3, -0.25) is 5.32 Å². The largest absolute Gasteiger partial charge is 0.573 e. The molecule has 0 fully saturated rings. The maximum absolute atomic E-state index is 12.3. The van der Waals surface area contributed by atoms with E-state index in [1.165, 1.54) is 41.7 Å². The van der Waals surface area contributed by atoms with E-state index in [0.29, 0.717) is 22.8 Å². The molecule has 1 N–H and O–H groups in total. The highest BCUT2D eigenvalue weighted by Crippen LogP contribution is 2.24.